The van der Waals surface area contributed by atoms with Crippen LogP contribution in [0.4, 0.5) is 24.8 Å². The number of hydrogen-bond acceptors (Lipinski definition) is 8. The average molecular weight is 592 g/mol. The molecule has 220 valence electrons. The van der Waals surface area contributed by atoms with Crippen LogP contribution < -0.4 is 9.80 Å². The number of benzene rings is 1. The first-order chi connectivity index (χ1) is 19.0. The molecule has 0 spiro atoms. The van der Waals surface area contributed by atoms with Gasteiger partial charge in [-0.1, -0.05) is 32.4 Å². The summed E-state index contributed by atoms with van der Waals surface area (Å²) in [7, 11) is 0. The Kier molecular flexibility index (Phi) is 7.30. The lowest BCUT2D eigenvalue weighted by Crippen LogP contribution is -2.59. The molecule has 0 atom stereocenters. The third kappa shape index (κ3) is 5.76. The second kappa shape index (κ2) is 10.2. The average Bonchev–Trinajstić information content (AvgIpc) is 3.33. The summed E-state index contributed by atoms with van der Waals surface area (Å²) in [6.45, 7) is 13.1. The van der Waals surface area contributed by atoms with E-state index in [2.05, 4.69) is 20.1 Å². The number of rotatable bonds is 4. The highest BCUT2D eigenvalue weighted by Gasteiger charge is 2.42. The molecule has 4 heterocycles. The number of nitrogens with zero attached hydrogens (tertiary/aromatic N) is 7. The fraction of sp³-hybridized carbons (Fsp3) is 0.536. The van der Waals surface area contributed by atoms with Crippen molar-refractivity contribution in [1.29, 1.82) is 0 Å². The molecule has 1 amide bonds. The minimum Gasteiger partial charge on any atom is -0.337 e. The molecule has 2 aliphatic rings. The van der Waals surface area contributed by atoms with Crippen LogP contribution in [0.25, 0.3) is 0 Å². The van der Waals surface area contributed by atoms with E-state index in [-0.39, 0.29) is 40.3 Å². The van der Waals surface area contributed by atoms with Crippen LogP contribution in [0.2, 0.25) is 5.02 Å². The van der Waals surface area contributed by atoms with Gasteiger partial charge < -0.3 is 14.3 Å². The Labute approximate surface area is 241 Å². The van der Waals surface area contributed by atoms with Gasteiger partial charge in [0.15, 0.2) is 0 Å². The molecule has 13 heteroatoms. The Morgan fingerprint density at radius 3 is 2.46 bits per heavy atom. The summed E-state index contributed by atoms with van der Waals surface area (Å²) >= 11 is 6.39. The van der Waals surface area contributed by atoms with Gasteiger partial charge in [-0.15, -0.1) is 0 Å². The van der Waals surface area contributed by atoms with Gasteiger partial charge in [0.05, 0.1) is 28.0 Å². The van der Waals surface area contributed by atoms with Crippen LogP contribution in [-0.2, 0) is 24.6 Å². The Balaban J connectivity index is 1.44. The van der Waals surface area contributed by atoms with Crippen LogP contribution in [-0.4, -0.2) is 62.6 Å². The van der Waals surface area contributed by atoms with Gasteiger partial charge in [0.1, 0.15) is 5.82 Å². The predicted molar refractivity (Wildman–Crippen MR) is 148 cm³/mol. The molecule has 2 aliphatic heterocycles. The minimum absolute atomic E-state index is 0.0000811. The Hall–Kier alpha value is -3.25. The lowest BCUT2D eigenvalue weighted by molar-refractivity contribution is -0.138. The lowest BCUT2D eigenvalue weighted by Gasteiger charge is -2.46. The first-order valence-electron chi connectivity index (χ1n) is 13.4. The van der Waals surface area contributed by atoms with Crippen molar-refractivity contribution in [1.82, 2.24) is 25.0 Å². The molecule has 0 saturated carbocycles. The van der Waals surface area contributed by atoms with E-state index >= 15 is 0 Å². The highest BCUT2D eigenvalue weighted by molar-refractivity contribution is 6.31. The second-order valence-corrected chi connectivity index (χ2v) is 12.7. The zero-order valence-corrected chi connectivity index (χ0v) is 24.7. The fourth-order valence-electron chi connectivity index (χ4n) is 5.53. The number of amides is 1. The molecule has 0 bridgehead atoms. The molecule has 9 nitrogen and oxygen atoms in total. The molecule has 1 saturated heterocycles. The van der Waals surface area contributed by atoms with Crippen LogP contribution >= 0.6 is 11.6 Å². The Morgan fingerprint density at radius 2 is 1.83 bits per heavy atom. The van der Waals surface area contributed by atoms with Crippen molar-refractivity contribution in [2.75, 3.05) is 36.0 Å². The SMILES string of the molecule is Cc1ncc2c(n1)CCN(c1cc(Cl)cc(CN3CCN(c4noc(C(C)(C)C)n4)C(C)(C)C3)c1C(F)(F)F)C2=O. The van der Waals surface area contributed by atoms with E-state index in [9.17, 15) is 18.0 Å². The highest BCUT2D eigenvalue weighted by atomic mass is 35.5. The zero-order chi connectivity index (χ0) is 29.9. The van der Waals surface area contributed by atoms with E-state index in [1.54, 1.807) is 6.92 Å². The van der Waals surface area contributed by atoms with E-state index < -0.39 is 23.2 Å². The number of halogens is 4. The van der Waals surface area contributed by atoms with E-state index in [4.69, 9.17) is 16.1 Å². The summed E-state index contributed by atoms with van der Waals surface area (Å²) in [5, 5.41) is 4.30. The largest absolute Gasteiger partial charge is 0.418 e. The number of piperazine rings is 1. The topological polar surface area (TPSA) is 91.5 Å². The monoisotopic (exact) mass is 591 g/mol. The number of fused-ring (bicyclic) bond motifs is 1. The summed E-state index contributed by atoms with van der Waals surface area (Å²) in [5.41, 5.74) is -1.18. The zero-order valence-electron chi connectivity index (χ0n) is 23.9. The van der Waals surface area contributed by atoms with E-state index in [0.29, 0.717) is 49.4 Å². The quantitative estimate of drug-likeness (QED) is 0.396. The van der Waals surface area contributed by atoms with Crippen molar-refractivity contribution in [2.45, 2.75) is 71.6 Å². The van der Waals surface area contributed by atoms with Crippen LogP contribution in [0.5, 0.6) is 0 Å². The van der Waals surface area contributed by atoms with Crippen LogP contribution in [0, 0.1) is 6.92 Å². The van der Waals surface area contributed by atoms with Crippen molar-refractivity contribution in [3.05, 3.63) is 57.5 Å². The first kappa shape index (κ1) is 29.2. The molecule has 2 aromatic heterocycles. The van der Waals surface area contributed by atoms with Gasteiger partial charge in [0, 0.05) is 55.8 Å². The summed E-state index contributed by atoms with van der Waals surface area (Å²) in [6.07, 6.45) is -3.03. The van der Waals surface area contributed by atoms with Crippen LogP contribution in [0.1, 0.15) is 73.5 Å². The fourth-order valence-corrected chi connectivity index (χ4v) is 5.76. The molecule has 41 heavy (non-hydrogen) atoms. The summed E-state index contributed by atoms with van der Waals surface area (Å²) < 4.78 is 49.6. The maximum absolute atomic E-state index is 14.7. The van der Waals surface area contributed by atoms with Gasteiger partial charge in [-0.25, -0.2) is 9.97 Å². The maximum Gasteiger partial charge on any atom is 0.418 e. The third-order valence-corrected chi connectivity index (χ3v) is 7.67. The van der Waals surface area contributed by atoms with Gasteiger partial charge >= 0.3 is 6.18 Å². The smallest absolute Gasteiger partial charge is 0.337 e. The molecular formula is C28H33ClF3N7O2. The Morgan fingerprint density at radius 1 is 1.10 bits per heavy atom. The van der Waals surface area contributed by atoms with E-state index in [1.165, 1.54) is 18.3 Å². The normalized spacial score (nSPS) is 18.1. The van der Waals surface area contributed by atoms with Gasteiger partial charge in [-0.3, -0.25) is 9.69 Å². The number of anilines is 2. The number of carbonyl (C=O) groups excluding carboxylic acids is 1. The molecule has 1 aromatic carbocycles. The summed E-state index contributed by atoms with van der Waals surface area (Å²) in [6, 6.07) is 2.56. The molecule has 0 aliphatic carbocycles. The number of aryl methyl sites for hydroxylation is 1. The van der Waals surface area contributed by atoms with Crippen molar-refractivity contribution < 1.29 is 22.5 Å². The minimum atomic E-state index is -4.72. The first-order valence-corrected chi connectivity index (χ1v) is 13.8. The van der Waals surface area contributed by atoms with Gasteiger partial charge in [0.25, 0.3) is 11.9 Å². The van der Waals surface area contributed by atoms with Gasteiger partial charge in [0.2, 0.25) is 5.89 Å². The summed E-state index contributed by atoms with van der Waals surface area (Å²) in [5.74, 6) is 0.907. The second-order valence-electron chi connectivity index (χ2n) is 12.3. The van der Waals surface area contributed by atoms with Crippen LogP contribution in [0.15, 0.2) is 22.9 Å². The van der Waals surface area contributed by atoms with Gasteiger partial charge in [-0.05, 0) is 43.6 Å². The maximum atomic E-state index is 14.7. The number of alkyl halides is 3. The molecule has 1 fully saturated rings. The third-order valence-electron chi connectivity index (χ3n) is 7.45. The van der Waals surface area contributed by atoms with Crippen molar-refractivity contribution >= 4 is 29.1 Å². The molecular weight excluding hydrogens is 559 g/mol. The summed E-state index contributed by atoms with van der Waals surface area (Å²) in [4.78, 5) is 31.4. The predicted octanol–water partition coefficient (Wildman–Crippen LogP) is 5.44. The number of aromatic nitrogens is 4. The molecule has 5 rings (SSSR count). The molecule has 3 aromatic rings. The Bertz CT molecular complexity index is 1480. The van der Waals surface area contributed by atoms with E-state index in [1.807, 2.05) is 44.4 Å². The number of carbonyl (C=O) groups is 1. The van der Waals surface area contributed by atoms with Crippen LogP contribution in [0.3, 0.4) is 0 Å². The molecule has 0 radical (unpaired) electrons. The standard InChI is InChI=1S/C28H33ClF3N7O2/c1-16-33-13-19-20(34-16)7-8-38(23(19)40)21-12-18(29)11-17(22(21)28(30,31)32)14-37-9-10-39(27(5,6)15-37)25-35-24(41-36-25)26(2,3)4/h11-13H,7-10,14-15H2,1-6H3. The van der Waals surface area contributed by atoms with E-state index in [0.717, 1.165) is 4.90 Å². The lowest BCUT2D eigenvalue weighted by atomic mass is 9.96. The molecule has 0 N–H and O–H groups in total. The highest BCUT2D eigenvalue weighted by Crippen LogP contribution is 2.43. The molecule has 0 unspecified atom stereocenters. The van der Waals surface area contributed by atoms with Gasteiger partial charge in [-0.2, -0.15) is 18.2 Å². The number of hydrogen-bond donors (Lipinski definition) is 0. The van der Waals surface area contributed by atoms with Crippen molar-refractivity contribution in [3.8, 4) is 0 Å². The van der Waals surface area contributed by atoms with Crippen molar-refractivity contribution in [3.63, 3.8) is 0 Å². The van der Waals surface area contributed by atoms with Crippen molar-refractivity contribution in [2.24, 2.45) is 0 Å².